The van der Waals surface area contributed by atoms with E-state index in [9.17, 15) is 4.79 Å². The summed E-state index contributed by atoms with van der Waals surface area (Å²) in [6.45, 7) is 4.00. The molecule has 0 bridgehead atoms. The van der Waals surface area contributed by atoms with E-state index in [1.165, 1.54) is 4.88 Å². The standard InChI is InChI=1S/C13H10Br2OS/c1-7-3-8(2)17-13(7)12(16)9-4-10(14)6-11(15)5-9/h3-6H,1-2H3. The molecule has 0 radical (unpaired) electrons. The third-order valence-corrected chi connectivity index (χ3v) is 4.44. The maximum atomic E-state index is 12.4. The number of halogens is 2. The highest BCUT2D eigenvalue weighted by molar-refractivity contribution is 9.11. The molecule has 88 valence electrons. The minimum atomic E-state index is 0.0857. The fraction of sp³-hybridized carbons (Fsp3) is 0.154. The molecule has 0 amide bonds. The lowest BCUT2D eigenvalue weighted by Crippen LogP contribution is -2.00. The molecule has 0 spiro atoms. The molecule has 0 aliphatic carbocycles. The Balaban J connectivity index is 2.47. The van der Waals surface area contributed by atoms with E-state index in [2.05, 4.69) is 31.9 Å². The summed E-state index contributed by atoms with van der Waals surface area (Å²) in [5.74, 6) is 0.0857. The number of aryl methyl sites for hydroxylation is 2. The van der Waals surface area contributed by atoms with Gasteiger partial charge in [-0.2, -0.15) is 0 Å². The number of hydrogen-bond acceptors (Lipinski definition) is 2. The largest absolute Gasteiger partial charge is 0.288 e. The zero-order valence-electron chi connectivity index (χ0n) is 9.38. The quantitative estimate of drug-likeness (QED) is 0.667. The Kier molecular flexibility index (Phi) is 3.85. The molecule has 0 atom stereocenters. The van der Waals surface area contributed by atoms with Crippen LogP contribution in [0.3, 0.4) is 0 Å². The Morgan fingerprint density at radius 2 is 1.65 bits per heavy atom. The van der Waals surface area contributed by atoms with Gasteiger partial charge >= 0.3 is 0 Å². The van der Waals surface area contributed by atoms with E-state index in [1.54, 1.807) is 11.3 Å². The lowest BCUT2D eigenvalue weighted by atomic mass is 10.1. The summed E-state index contributed by atoms with van der Waals surface area (Å²) in [5, 5.41) is 0. The molecule has 0 aliphatic heterocycles. The van der Waals surface area contributed by atoms with Gasteiger partial charge < -0.3 is 0 Å². The van der Waals surface area contributed by atoms with Gasteiger partial charge in [-0.15, -0.1) is 11.3 Å². The SMILES string of the molecule is Cc1cc(C)c(C(=O)c2cc(Br)cc(Br)c2)s1. The van der Waals surface area contributed by atoms with Crippen LogP contribution in [0.2, 0.25) is 0 Å². The highest BCUT2D eigenvalue weighted by atomic mass is 79.9. The number of carbonyl (C=O) groups excluding carboxylic acids is 1. The molecule has 0 N–H and O–H groups in total. The Bertz CT molecular complexity index is 567. The van der Waals surface area contributed by atoms with E-state index < -0.39 is 0 Å². The van der Waals surface area contributed by atoms with E-state index in [1.807, 2.05) is 38.1 Å². The van der Waals surface area contributed by atoms with Crippen molar-refractivity contribution in [3.05, 3.63) is 54.1 Å². The second-order valence-electron chi connectivity index (χ2n) is 3.86. The number of rotatable bonds is 2. The molecule has 17 heavy (non-hydrogen) atoms. The topological polar surface area (TPSA) is 17.1 Å². The summed E-state index contributed by atoms with van der Waals surface area (Å²) >= 11 is 8.35. The summed E-state index contributed by atoms with van der Waals surface area (Å²) in [6, 6.07) is 7.66. The molecule has 0 saturated carbocycles. The highest BCUT2D eigenvalue weighted by Crippen LogP contribution is 2.27. The van der Waals surface area contributed by atoms with E-state index in [0.29, 0.717) is 5.56 Å². The van der Waals surface area contributed by atoms with Crippen molar-refractivity contribution in [2.45, 2.75) is 13.8 Å². The van der Waals surface area contributed by atoms with Gasteiger partial charge in [-0.1, -0.05) is 31.9 Å². The minimum absolute atomic E-state index is 0.0857. The van der Waals surface area contributed by atoms with Crippen LogP contribution in [0.15, 0.2) is 33.2 Å². The first-order valence-corrected chi connectivity index (χ1v) is 7.45. The van der Waals surface area contributed by atoms with Crippen molar-refractivity contribution >= 4 is 49.0 Å². The van der Waals surface area contributed by atoms with Crippen LogP contribution in [0.4, 0.5) is 0 Å². The number of hydrogen-bond donors (Lipinski definition) is 0. The molecule has 1 nitrogen and oxygen atoms in total. The Labute approximate surface area is 121 Å². The van der Waals surface area contributed by atoms with Crippen LogP contribution < -0.4 is 0 Å². The van der Waals surface area contributed by atoms with Crippen LogP contribution >= 0.6 is 43.2 Å². The Hall–Kier alpha value is -0.450. The van der Waals surface area contributed by atoms with E-state index in [-0.39, 0.29) is 5.78 Å². The second-order valence-corrected chi connectivity index (χ2v) is 6.94. The Morgan fingerprint density at radius 3 is 2.12 bits per heavy atom. The van der Waals surface area contributed by atoms with Crippen molar-refractivity contribution in [1.29, 1.82) is 0 Å². The van der Waals surface area contributed by atoms with Gasteiger partial charge in [0, 0.05) is 19.4 Å². The highest BCUT2D eigenvalue weighted by Gasteiger charge is 2.15. The zero-order chi connectivity index (χ0) is 12.6. The maximum Gasteiger partial charge on any atom is 0.203 e. The van der Waals surface area contributed by atoms with Crippen LogP contribution in [0, 0.1) is 13.8 Å². The summed E-state index contributed by atoms with van der Waals surface area (Å²) in [4.78, 5) is 14.3. The van der Waals surface area contributed by atoms with Crippen LogP contribution in [-0.2, 0) is 0 Å². The average molecular weight is 374 g/mol. The van der Waals surface area contributed by atoms with E-state index in [4.69, 9.17) is 0 Å². The van der Waals surface area contributed by atoms with Gasteiger partial charge in [0.15, 0.2) is 0 Å². The number of benzene rings is 1. The maximum absolute atomic E-state index is 12.4. The lowest BCUT2D eigenvalue weighted by molar-refractivity contribution is 0.104. The average Bonchev–Trinajstić information content (AvgIpc) is 2.55. The van der Waals surface area contributed by atoms with Gasteiger partial charge in [0.1, 0.15) is 0 Å². The van der Waals surface area contributed by atoms with Gasteiger partial charge in [-0.05, 0) is 43.7 Å². The van der Waals surface area contributed by atoms with Crippen molar-refractivity contribution in [2.24, 2.45) is 0 Å². The molecule has 1 aromatic carbocycles. The van der Waals surface area contributed by atoms with Gasteiger partial charge in [0.2, 0.25) is 5.78 Å². The van der Waals surface area contributed by atoms with Crippen molar-refractivity contribution < 1.29 is 4.79 Å². The number of ketones is 1. The Morgan fingerprint density at radius 1 is 1.06 bits per heavy atom. The van der Waals surface area contributed by atoms with Crippen LogP contribution in [0.5, 0.6) is 0 Å². The second kappa shape index (κ2) is 5.04. The van der Waals surface area contributed by atoms with Gasteiger partial charge in [0.25, 0.3) is 0 Å². The first-order chi connectivity index (χ1) is 7.97. The predicted octanol–water partition coefficient (Wildman–Crippen LogP) is 5.12. The third-order valence-electron chi connectivity index (χ3n) is 2.37. The van der Waals surface area contributed by atoms with Crippen LogP contribution in [0.25, 0.3) is 0 Å². The smallest absolute Gasteiger partial charge is 0.203 e. The number of thiophene rings is 1. The summed E-state index contributed by atoms with van der Waals surface area (Å²) in [5.41, 5.74) is 1.75. The van der Waals surface area contributed by atoms with Crippen molar-refractivity contribution in [3.8, 4) is 0 Å². The molecule has 0 fully saturated rings. The molecule has 2 rings (SSSR count). The van der Waals surface area contributed by atoms with Gasteiger partial charge in [-0.25, -0.2) is 0 Å². The molecule has 2 aromatic rings. The summed E-state index contributed by atoms with van der Waals surface area (Å²) in [7, 11) is 0. The first-order valence-electron chi connectivity index (χ1n) is 5.05. The lowest BCUT2D eigenvalue weighted by Gasteiger charge is -2.02. The number of carbonyl (C=O) groups is 1. The first kappa shape index (κ1) is 13.0. The molecule has 0 unspecified atom stereocenters. The van der Waals surface area contributed by atoms with Crippen molar-refractivity contribution in [3.63, 3.8) is 0 Å². The normalized spacial score (nSPS) is 10.6. The fourth-order valence-electron chi connectivity index (χ4n) is 1.68. The minimum Gasteiger partial charge on any atom is -0.288 e. The summed E-state index contributed by atoms with van der Waals surface area (Å²) < 4.78 is 1.81. The van der Waals surface area contributed by atoms with E-state index in [0.717, 1.165) is 19.4 Å². The molecule has 4 heteroatoms. The van der Waals surface area contributed by atoms with Crippen LogP contribution in [-0.4, -0.2) is 5.78 Å². The third kappa shape index (κ3) is 2.87. The summed E-state index contributed by atoms with van der Waals surface area (Å²) in [6.07, 6.45) is 0. The van der Waals surface area contributed by atoms with Gasteiger partial charge in [-0.3, -0.25) is 4.79 Å². The predicted molar refractivity (Wildman–Crippen MR) is 79.1 cm³/mol. The zero-order valence-corrected chi connectivity index (χ0v) is 13.4. The monoisotopic (exact) mass is 372 g/mol. The molecule has 1 aromatic heterocycles. The fourth-order valence-corrected chi connectivity index (χ4v) is 3.96. The van der Waals surface area contributed by atoms with Crippen molar-refractivity contribution in [2.75, 3.05) is 0 Å². The molecular weight excluding hydrogens is 364 g/mol. The van der Waals surface area contributed by atoms with Crippen LogP contribution in [0.1, 0.15) is 25.7 Å². The van der Waals surface area contributed by atoms with E-state index >= 15 is 0 Å². The molecule has 0 saturated heterocycles. The molecule has 1 heterocycles. The molecular formula is C13H10Br2OS. The van der Waals surface area contributed by atoms with Crippen molar-refractivity contribution in [1.82, 2.24) is 0 Å². The molecule has 0 aliphatic rings. The van der Waals surface area contributed by atoms with Gasteiger partial charge in [0.05, 0.1) is 4.88 Å².